The third kappa shape index (κ3) is 1.87. The van der Waals surface area contributed by atoms with Crippen LogP contribution in [-0.4, -0.2) is 14.6 Å². The highest BCUT2D eigenvalue weighted by molar-refractivity contribution is 5.78. The number of nitrogens with zero attached hydrogens (tertiary/aromatic N) is 3. The predicted octanol–water partition coefficient (Wildman–Crippen LogP) is 3.04. The number of hydrogen-bond donors (Lipinski definition) is 1. The molecule has 0 aliphatic heterocycles. The Kier molecular flexibility index (Phi) is 2.50. The molecule has 0 saturated heterocycles. The van der Waals surface area contributed by atoms with Crippen molar-refractivity contribution in [3.05, 3.63) is 66.4 Å². The number of pyridine rings is 1. The summed E-state index contributed by atoms with van der Waals surface area (Å²) in [6, 6.07) is 13.0. The quantitative estimate of drug-likeness (QED) is 0.429. The van der Waals surface area contributed by atoms with Gasteiger partial charge < -0.3 is 14.0 Å². The molecule has 0 amide bonds. The second-order valence-corrected chi connectivity index (χ2v) is 4.70. The van der Waals surface area contributed by atoms with Crippen LogP contribution in [0.3, 0.4) is 0 Å². The summed E-state index contributed by atoms with van der Waals surface area (Å²) in [4.78, 5) is 4.26. The third-order valence-corrected chi connectivity index (χ3v) is 3.44. The minimum Gasteiger partial charge on any atom is -0.456 e. The van der Waals surface area contributed by atoms with Crippen molar-refractivity contribution in [2.45, 2.75) is 0 Å². The molecule has 5 heteroatoms. The first-order valence-corrected chi connectivity index (χ1v) is 6.49. The first-order valence-electron chi connectivity index (χ1n) is 6.49. The molecule has 4 aromatic rings. The highest BCUT2D eigenvalue weighted by Gasteiger charge is 2.07. The molecular formula is C16H11N3O2. The minimum absolute atomic E-state index is 0.482. The van der Waals surface area contributed by atoms with Gasteiger partial charge in [0.25, 0.3) is 0 Å². The van der Waals surface area contributed by atoms with E-state index in [1.165, 1.54) is 0 Å². The molecule has 0 fully saturated rings. The highest BCUT2D eigenvalue weighted by atomic mass is 16.4. The Bertz CT molecular complexity index is 1010. The van der Waals surface area contributed by atoms with Crippen molar-refractivity contribution in [1.82, 2.24) is 9.38 Å². The summed E-state index contributed by atoms with van der Waals surface area (Å²) < 4.78 is 7.83. The Hall–Kier alpha value is -3.08. The van der Waals surface area contributed by atoms with Crippen molar-refractivity contribution < 1.29 is 9.62 Å². The molecule has 102 valence electrons. The zero-order valence-corrected chi connectivity index (χ0v) is 11.0. The molecule has 0 bridgehead atoms. The number of para-hydroxylation sites is 1. The lowest BCUT2D eigenvalue weighted by molar-refractivity contribution is 0.302. The van der Waals surface area contributed by atoms with Crippen LogP contribution in [0.4, 0.5) is 0 Å². The number of imidazole rings is 1. The molecule has 5 nitrogen and oxygen atoms in total. The first kappa shape index (κ1) is 11.7. The molecule has 0 aliphatic rings. The van der Waals surface area contributed by atoms with Crippen molar-refractivity contribution in [3.8, 4) is 11.3 Å². The molecule has 0 radical (unpaired) electrons. The molecule has 0 saturated carbocycles. The molecule has 1 N–H and O–H groups in total. The Morgan fingerprint density at radius 1 is 1.10 bits per heavy atom. The normalized spacial score (nSPS) is 12.3. The summed E-state index contributed by atoms with van der Waals surface area (Å²) >= 11 is 0. The van der Waals surface area contributed by atoms with Crippen molar-refractivity contribution in [2.75, 3.05) is 0 Å². The second kappa shape index (κ2) is 4.49. The van der Waals surface area contributed by atoms with Gasteiger partial charge in [-0.3, -0.25) is 0 Å². The summed E-state index contributed by atoms with van der Waals surface area (Å²) in [5.74, 6) is 0.631. The van der Waals surface area contributed by atoms with Crippen molar-refractivity contribution >= 4 is 16.6 Å². The summed E-state index contributed by atoms with van der Waals surface area (Å²) in [5, 5.41) is 13.8. The fraction of sp³-hybridized carbons (Fsp3) is 0. The summed E-state index contributed by atoms with van der Waals surface area (Å²) in [6.45, 7) is 0. The lowest BCUT2D eigenvalue weighted by Gasteiger charge is -2.04. The molecule has 0 aliphatic carbocycles. The number of hydrogen-bond acceptors (Lipinski definition) is 4. The zero-order chi connectivity index (χ0) is 14.2. The van der Waals surface area contributed by atoms with E-state index in [1.54, 1.807) is 12.3 Å². The van der Waals surface area contributed by atoms with Gasteiger partial charge in [-0.25, -0.2) is 4.98 Å². The molecule has 21 heavy (non-hydrogen) atoms. The van der Waals surface area contributed by atoms with Crippen LogP contribution in [0.5, 0.6) is 0 Å². The molecule has 3 aromatic heterocycles. The topological polar surface area (TPSA) is 63.0 Å². The van der Waals surface area contributed by atoms with Crippen molar-refractivity contribution in [1.29, 1.82) is 0 Å². The monoisotopic (exact) mass is 277 g/mol. The Balaban J connectivity index is 2.01. The lowest BCUT2D eigenvalue weighted by Crippen LogP contribution is -2.03. The molecule has 4 rings (SSSR count). The molecule has 0 spiro atoms. The van der Waals surface area contributed by atoms with Gasteiger partial charge in [0, 0.05) is 35.6 Å². The van der Waals surface area contributed by atoms with E-state index < -0.39 is 0 Å². The summed E-state index contributed by atoms with van der Waals surface area (Å²) in [7, 11) is 0. The van der Waals surface area contributed by atoms with Gasteiger partial charge in [0.05, 0.1) is 0 Å². The van der Waals surface area contributed by atoms with Gasteiger partial charge in [-0.05, 0) is 24.3 Å². The maximum Gasteiger partial charge on any atom is 0.137 e. The number of aromatic nitrogens is 2. The SMILES string of the molecule is O/N=c1\cc(-c2ccn3ccnc3c2)oc2ccccc12. The van der Waals surface area contributed by atoms with E-state index in [9.17, 15) is 5.21 Å². The van der Waals surface area contributed by atoms with Gasteiger partial charge in [0.2, 0.25) is 0 Å². The molecule has 0 unspecified atom stereocenters. The predicted molar refractivity (Wildman–Crippen MR) is 77.7 cm³/mol. The fourth-order valence-electron chi connectivity index (χ4n) is 2.41. The molecule has 3 heterocycles. The standard InChI is InChI=1S/C16H11N3O2/c20-18-13-10-15(21-14-4-2-1-3-12(13)14)11-5-7-19-8-6-17-16(19)9-11/h1-10,20H/b18-13+. The van der Waals surface area contributed by atoms with Crippen LogP contribution >= 0.6 is 0 Å². The second-order valence-electron chi connectivity index (χ2n) is 4.70. The molecule has 0 atom stereocenters. The van der Waals surface area contributed by atoms with Crippen LogP contribution in [0.25, 0.3) is 27.9 Å². The Labute approximate surface area is 119 Å². The van der Waals surface area contributed by atoms with Crippen LogP contribution in [-0.2, 0) is 0 Å². The highest BCUT2D eigenvalue weighted by Crippen LogP contribution is 2.22. The Morgan fingerprint density at radius 2 is 2.00 bits per heavy atom. The summed E-state index contributed by atoms with van der Waals surface area (Å²) in [6.07, 6.45) is 5.54. The van der Waals surface area contributed by atoms with Crippen LogP contribution < -0.4 is 5.36 Å². The lowest BCUT2D eigenvalue weighted by atomic mass is 10.1. The minimum atomic E-state index is 0.482. The van der Waals surface area contributed by atoms with Gasteiger partial charge in [-0.15, -0.1) is 0 Å². The number of benzene rings is 1. The van der Waals surface area contributed by atoms with Gasteiger partial charge in [0.15, 0.2) is 0 Å². The van der Waals surface area contributed by atoms with Crippen molar-refractivity contribution in [2.24, 2.45) is 5.16 Å². The van der Waals surface area contributed by atoms with Gasteiger partial charge in [0.1, 0.15) is 22.3 Å². The first-order chi connectivity index (χ1) is 10.3. The van der Waals surface area contributed by atoms with E-state index in [0.717, 1.165) is 16.6 Å². The van der Waals surface area contributed by atoms with E-state index in [0.29, 0.717) is 16.7 Å². The molecule has 1 aromatic carbocycles. The van der Waals surface area contributed by atoms with E-state index in [-0.39, 0.29) is 0 Å². The van der Waals surface area contributed by atoms with Gasteiger partial charge in [-0.1, -0.05) is 17.3 Å². The van der Waals surface area contributed by atoms with E-state index in [4.69, 9.17) is 4.42 Å². The molecular weight excluding hydrogens is 266 g/mol. The summed E-state index contributed by atoms with van der Waals surface area (Å²) in [5.41, 5.74) is 2.38. The maximum atomic E-state index is 9.21. The van der Waals surface area contributed by atoms with Gasteiger partial charge >= 0.3 is 0 Å². The third-order valence-electron chi connectivity index (χ3n) is 3.44. The average molecular weight is 277 g/mol. The van der Waals surface area contributed by atoms with E-state index in [1.807, 2.05) is 53.2 Å². The van der Waals surface area contributed by atoms with Crippen LogP contribution in [0, 0.1) is 0 Å². The van der Waals surface area contributed by atoms with E-state index >= 15 is 0 Å². The average Bonchev–Trinajstić information content (AvgIpc) is 3.01. The van der Waals surface area contributed by atoms with E-state index in [2.05, 4.69) is 10.1 Å². The largest absolute Gasteiger partial charge is 0.456 e. The van der Waals surface area contributed by atoms with Crippen LogP contribution in [0.15, 0.2) is 70.6 Å². The van der Waals surface area contributed by atoms with Crippen molar-refractivity contribution in [3.63, 3.8) is 0 Å². The zero-order valence-electron chi connectivity index (χ0n) is 11.0. The fourth-order valence-corrected chi connectivity index (χ4v) is 2.41. The Morgan fingerprint density at radius 3 is 2.90 bits per heavy atom. The number of rotatable bonds is 1. The van der Waals surface area contributed by atoms with Crippen LogP contribution in [0.1, 0.15) is 0 Å². The smallest absolute Gasteiger partial charge is 0.137 e. The van der Waals surface area contributed by atoms with Crippen LogP contribution in [0.2, 0.25) is 0 Å². The van der Waals surface area contributed by atoms with Gasteiger partial charge in [-0.2, -0.15) is 0 Å². The maximum absolute atomic E-state index is 9.21. The number of fused-ring (bicyclic) bond motifs is 2.